The summed E-state index contributed by atoms with van der Waals surface area (Å²) in [5.41, 5.74) is 2.78. The number of hydrogen-bond acceptors (Lipinski definition) is 7. The number of carbonyl (C=O) groups excluding carboxylic acids is 2. The van der Waals surface area contributed by atoms with E-state index in [9.17, 15) is 9.59 Å². The maximum absolute atomic E-state index is 12.0. The van der Waals surface area contributed by atoms with Crippen LogP contribution in [0.4, 0.5) is 4.79 Å². The minimum Gasteiger partial charge on any atom is -0.492 e. The number of benzene rings is 2. The molecule has 1 aliphatic heterocycles. The number of amides is 2. The molecule has 1 aliphatic rings. The largest absolute Gasteiger partial charge is 0.492 e. The number of aryl methyl sites for hydroxylation is 1. The SMILES string of the molecule is Cc1oc(-c2ccccc2)nc1CCOc1ccc(CC2SC(=O)NC2=O)c2ccncc12. The molecule has 166 valence electrons. The third-order valence-corrected chi connectivity index (χ3v) is 6.53. The Balaban J connectivity index is 1.31. The Labute approximate surface area is 194 Å². The molecule has 0 aliphatic carbocycles. The van der Waals surface area contributed by atoms with Gasteiger partial charge < -0.3 is 9.15 Å². The number of imide groups is 1. The van der Waals surface area contributed by atoms with Crippen molar-refractivity contribution in [1.29, 1.82) is 0 Å². The second-order valence-corrected chi connectivity index (χ2v) is 8.89. The molecule has 1 unspecified atom stereocenters. The van der Waals surface area contributed by atoms with Crippen molar-refractivity contribution in [3.05, 3.63) is 77.9 Å². The van der Waals surface area contributed by atoms with Gasteiger partial charge in [-0.25, -0.2) is 4.98 Å². The lowest BCUT2D eigenvalue weighted by Crippen LogP contribution is -2.25. The quantitative estimate of drug-likeness (QED) is 0.428. The van der Waals surface area contributed by atoms with Crippen LogP contribution in [0.25, 0.3) is 22.2 Å². The average molecular weight is 460 g/mol. The number of rotatable bonds is 7. The summed E-state index contributed by atoms with van der Waals surface area (Å²) in [4.78, 5) is 32.4. The van der Waals surface area contributed by atoms with Gasteiger partial charge in [0.2, 0.25) is 11.8 Å². The lowest BCUT2D eigenvalue weighted by molar-refractivity contribution is -0.118. The highest BCUT2D eigenvalue weighted by atomic mass is 32.2. The summed E-state index contributed by atoms with van der Waals surface area (Å²) in [6.45, 7) is 2.34. The van der Waals surface area contributed by atoms with Gasteiger partial charge in [0, 0.05) is 29.8 Å². The minimum absolute atomic E-state index is 0.245. The number of oxazole rings is 1. The summed E-state index contributed by atoms with van der Waals surface area (Å²) in [6.07, 6.45) is 4.54. The molecular formula is C25H21N3O4S. The van der Waals surface area contributed by atoms with Gasteiger partial charge in [0.25, 0.3) is 5.24 Å². The normalized spacial score (nSPS) is 15.7. The monoisotopic (exact) mass is 459 g/mol. The predicted molar refractivity (Wildman–Crippen MR) is 126 cm³/mol. The van der Waals surface area contributed by atoms with Crippen LogP contribution in [0.1, 0.15) is 17.0 Å². The topological polar surface area (TPSA) is 94.3 Å². The molecule has 0 spiro atoms. The van der Waals surface area contributed by atoms with E-state index >= 15 is 0 Å². The van der Waals surface area contributed by atoms with E-state index < -0.39 is 5.25 Å². The van der Waals surface area contributed by atoms with Gasteiger partial charge in [-0.05, 0) is 48.6 Å². The summed E-state index contributed by atoms with van der Waals surface area (Å²) < 4.78 is 11.9. The first-order valence-electron chi connectivity index (χ1n) is 10.6. The van der Waals surface area contributed by atoms with Crippen LogP contribution in [0.3, 0.4) is 0 Å². The lowest BCUT2D eigenvalue weighted by Gasteiger charge is -2.13. The lowest BCUT2D eigenvalue weighted by atomic mass is 10.0. The summed E-state index contributed by atoms with van der Waals surface area (Å²) in [5.74, 6) is 1.85. The number of carbonyl (C=O) groups is 2. The summed E-state index contributed by atoms with van der Waals surface area (Å²) in [7, 11) is 0. The number of thioether (sulfide) groups is 1. The Morgan fingerprint density at radius 1 is 1.09 bits per heavy atom. The van der Waals surface area contributed by atoms with Crippen LogP contribution in [0.5, 0.6) is 5.75 Å². The number of ether oxygens (including phenoxy) is 1. The number of fused-ring (bicyclic) bond motifs is 1. The molecule has 0 radical (unpaired) electrons. The van der Waals surface area contributed by atoms with Gasteiger partial charge in [-0.3, -0.25) is 19.9 Å². The molecule has 5 rings (SSSR count). The molecule has 0 saturated carbocycles. The van der Waals surface area contributed by atoms with Gasteiger partial charge in [-0.15, -0.1) is 0 Å². The molecule has 33 heavy (non-hydrogen) atoms. The van der Waals surface area contributed by atoms with Crippen LogP contribution in [-0.2, 0) is 17.6 Å². The van der Waals surface area contributed by atoms with E-state index in [1.54, 1.807) is 12.4 Å². The van der Waals surface area contributed by atoms with Crippen molar-refractivity contribution in [3.8, 4) is 17.2 Å². The highest BCUT2D eigenvalue weighted by Crippen LogP contribution is 2.32. The van der Waals surface area contributed by atoms with Gasteiger partial charge in [-0.2, -0.15) is 0 Å². The molecule has 8 heteroatoms. The smallest absolute Gasteiger partial charge is 0.286 e. The van der Waals surface area contributed by atoms with E-state index in [2.05, 4.69) is 15.3 Å². The van der Waals surface area contributed by atoms with Crippen molar-refractivity contribution in [2.75, 3.05) is 6.61 Å². The van der Waals surface area contributed by atoms with Crippen LogP contribution in [0, 0.1) is 6.92 Å². The van der Waals surface area contributed by atoms with E-state index in [1.165, 1.54) is 0 Å². The molecule has 7 nitrogen and oxygen atoms in total. The second kappa shape index (κ2) is 9.07. The zero-order chi connectivity index (χ0) is 22.8. The van der Waals surface area contributed by atoms with Crippen molar-refractivity contribution in [1.82, 2.24) is 15.3 Å². The Bertz CT molecular complexity index is 1340. The zero-order valence-electron chi connectivity index (χ0n) is 17.9. The fraction of sp³-hybridized carbons (Fsp3) is 0.200. The Hall–Kier alpha value is -3.65. The number of nitrogens with zero attached hydrogens (tertiary/aromatic N) is 2. The molecule has 2 amide bonds. The Kier molecular flexibility index (Phi) is 5.83. The van der Waals surface area contributed by atoms with Crippen LogP contribution >= 0.6 is 11.8 Å². The molecule has 2 aromatic heterocycles. The van der Waals surface area contributed by atoms with Gasteiger partial charge in [0.15, 0.2) is 0 Å². The number of hydrogen-bond donors (Lipinski definition) is 1. The van der Waals surface area contributed by atoms with E-state index in [0.717, 1.165) is 45.1 Å². The summed E-state index contributed by atoms with van der Waals surface area (Å²) >= 11 is 1.03. The first kappa shape index (κ1) is 21.2. The predicted octanol–water partition coefficient (Wildman–Crippen LogP) is 4.71. The van der Waals surface area contributed by atoms with Gasteiger partial charge >= 0.3 is 0 Å². The van der Waals surface area contributed by atoms with Crippen molar-refractivity contribution in [2.24, 2.45) is 0 Å². The van der Waals surface area contributed by atoms with E-state index in [0.29, 0.717) is 31.1 Å². The van der Waals surface area contributed by atoms with Crippen molar-refractivity contribution >= 4 is 33.7 Å². The van der Waals surface area contributed by atoms with E-state index in [1.807, 2.05) is 55.5 Å². The maximum atomic E-state index is 12.0. The third-order valence-electron chi connectivity index (χ3n) is 5.55. The highest BCUT2D eigenvalue weighted by molar-refractivity contribution is 8.15. The molecule has 1 fully saturated rings. The van der Waals surface area contributed by atoms with Crippen LogP contribution < -0.4 is 10.1 Å². The molecular weight excluding hydrogens is 438 g/mol. The van der Waals surface area contributed by atoms with E-state index in [-0.39, 0.29) is 11.1 Å². The van der Waals surface area contributed by atoms with Crippen LogP contribution in [0.2, 0.25) is 0 Å². The van der Waals surface area contributed by atoms with Gasteiger partial charge in [0.1, 0.15) is 11.5 Å². The van der Waals surface area contributed by atoms with Gasteiger partial charge in [-0.1, -0.05) is 36.0 Å². The number of nitrogens with one attached hydrogen (secondary N) is 1. The minimum atomic E-state index is -0.422. The van der Waals surface area contributed by atoms with Crippen molar-refractivity contribution < 1.29 is 18.7 Å². The second-order valence-electron chi connectivity index (χ2n) is 7.72. The first-order valence-corrected chi connectivity index (χ1v) is 11.5. The van der Waals surface area contributed by atoms with Gasteiger partial charge in [0.05, 0.1) is 17.6 Å². The molecule has 4 aromatic rings. The summed E-state index contributed by atoms with van der Waals surface area (Å²) in [5, 5.41) is 3.45. The summed E-state index contributed by atoms with van der Waals surface area (Å²) in [6, 6.07) is 15.6. The Morgan fingerprint density at radius 2 is 1.94 bits per heavy atom. The fourth-order valence-electron chi connectivity index (χ4n) is 3.88. The highest BCUT2D eigenvalue weighted by Gasteiger charge is 2.32. The Morgan fingerprint density at radius 3 is 2.73 bits per heavy atom. The number of pyridine rings is 1. The number of aromatic nitrogens is 2. The molecule has 1 N–H and O–H groups in total. The third kappa shape index (κ3) is 4.47. The average Bonchev–Trinajstić information content (AvgIpc) is 3.36. The molecule has 1 saturated heterocycles. The molecule has 1 atom stereocenters. The van der Waals surface area contributed by atoms with E-state index in [4.69, 9.17) is 9.15 Å². The van der Waals surface area contributed by atoms with Crippen molar-refractivity contribution in [3.63, 3.8) is 0 Å². The molecule has 3 heterocycles. The van der Waals surface area contributed by atoms with Crippen molar-refractivity contribution in [2.45, 2.75) is 25.0 Å². The fourth-order valence-corrected chi connectivity index (χ4v) is 4.73. The zero-order valence-corrected chi connectivity index (χ0v) is 18.7. The standard InChI is InChI=1S/C25H21N3O4S/c1-15-20(27-24(32-15)16-5-3-2-4-6-16)10-12-31-21-8-7-17(18-9-11-26-14-19(18)21)13-22-23(29)28-25(30)33-22/h2-9,11,14,22H,10,12-13H2,1H3,(H,28,29,30). The first-order chi connectivity index (χ1) is 16.1. The maximum Gasteiger partial charge on any atom is 0.286 e. The van der Waals surface area contributed by atoms with Crippen LogP contribution in [0.15, 0.2) is 65.3 Å². The molecule has 2 aromatic carbocycles. The van der Waals surface area contributed by atoms with Crippen LogP contribution in [-0.4, -0.2) is 33.0 Å². The molecule has 0 bridgehead atoms.